The molecule has 0 aliphatic carbocycles. The predicted molar refractivity (Wildman–Crippen MR) is 41.9 cm³/mol. The van der Waals surface area contributed by atoms with Gasteiger partial charge in [-0.25, -0.2) is 4.21 Å². The van der Waals surface area contributed by atoms with Gasteiger partial charge in [0.2, 0.25) is 0 Å². The molecule has 1 unspecified atom stereocenters. The lowest BCUT2D eigenvalue weighted by Gasteiger charge is -2.30. The van der Waals surface area contributed by atoms with Gasteiger partial charge in [0.05, 0.1) is 12.4 Å². The Balaban J connectivity index is 2.70. The molecule has 1 fully saturated rings. The van der Waals surface area contributed by atoms with E-state index in [0.29, 0.717) is 12.4 Å². The zero-order chi connectivity index (χ0) is 7.78. The summed E-state index contributed by atoms with van der Waals surface area (Å²) in [6, 6.07) is 0. The van der Waals surface area contributed by atoms with E-state index >= 15 is 0 Å². The molecular weight excluding hydrogens is 148 g/mol. The zero-order valence-electron chi connectivity index (χ0n) is 6.35. The fourth-order valence-electron chi connectivity index (χ4n) is 0.694. The first kappa shape index (κ1) is 7.95. The second-order valence-corrected chi connectivity index (χ2v) is 4.33. The molecule has 3 heteroatoms. The summed E-state index contributed by atoms with van der Waals surface area (Å²) >= 11 is -1.12. The Bertz CT molecular complexity index is 184. The van der Waals surface area contributed by atoms with Gasteiger partial charge in [0.1, 0.15) is 0 Å². The Morgan fingerprint density at radius 2 is 2.30 bits per heavy atom. The molecule has 58 valence electrons. The lowest BCUT2D eigenvalue weighted by Crippen LogP contribution is -2.31. The van der Waals surface area contributed by atoms with Crippen molar-refractivity contribution in [2.75, 3.05) is 12.4 Å². The molecule has 0 amide bonds. The van der Waals surface area contributed by atoms with Crippen molar-refractivity contribution in [3.05, 3.63) is 12.2 Å². The maximum atomic E-state index is 10.8. The smallest absolute Gasteiger partial charge is 0.159 e. The van der Waals surface area contributed by atoms with E-state index in [1.54, 1.807) is 0 Å². The van der Waals surface area contributed by atoms with E-state index in [0.717, 1.165) is 5.57 Å². The van der Waals surface area contributed by atoms with Crippen LogP contribution in [0.4, 0.5) is 0 Å². The highest BCUT2D eigenvalue weighted by Crippen LogP contribution is 2.29. The van der Waals surface area contributed by atoms with Gasteiger partial charge in [-0.15, -0.1) is 0 Å². The van der Waals surface area contributed by atoms with Crippen molar-refractivity contribution >= 4 is 11.1 Å². The summed E-state index contributed by atoms with van der Waals surface area (Å²) in [6.07, 6.45) is 0. The average molecular weight is 160 g/mol. The molecule has 0 spiro atoms. The van der Waals surface area contributed by atoms with Gasteiger partial charge in [0, 0.05) is 5.41 Å². The van der Waals surface area contributed by atoms with Crippen LogP contribution < -0.4 is 0 Å². The number of hydrogen-bond acceptors (Lipinski definition) is 2. The molecule has 1 rings (SSSR count). The standard InChI is InChI=1S/C7H12O2S/c1-6-4-10(8)9-5-7(6,2)3/h1,4-5H2,2-3H3. The van der Waals surface area contributed by atoms with Gasteiger partial charge in [-0.1, -0.05) is 26.0 Å². The van der Waals surface area contributed by atoms with Crippen LogP contribution in [0.5, 0.6) is 0 Å². The molecule has 0 radical (unpaired) electrons. The van der Waals surface area contributed by atoms with Crippen LogP contribution >= 0.6 is 0 Å². The summed E-state index contributed by atoms with van der Waals surface area (Å²) in [6.45, 7) is 8.47. The lowest BCUT2D eigenvalue weighted by atomic mass is 9.87. The average Bonchev–Trinajstić information content (AvgIpc) is 1.81. The molecule has 1 aliphatic rings. The lowest BCUT2D eigenvalue weighted by molar-refractivity contribution is 0.217. The Labute approximate surface area is 63.9 Å². The van der Waals surface area contributed by atoms with Gasteiger partial charge in [0.15, 0.2) is 11.1 Å². The maximum absolute atomic E-state index is 10.8. The molecule has 1 atom stereocenters. The second-order valence-electron chi connectivity index (χ2n) is 3.20. The first-order valence-corrected chi connectivity index (χ1v) is 4.47. The van der Waals surface area contributed by atoms with Crippen LogP contribution in [0.3, 0.4) is 0 Å². The summed E-state index contributed by atoms with van der Waals surface area (Å²) in [5.74, 6) is 0.493. The molecule has 0 saturated carbocycles. The monoisotopic (exact) mass is 160 g/mol. The molecule has 0 aromatic rings. The van der Waals surface area contributed by atoms with E-state index < -0.39 is 11.1 Å². The maximum Gasteiger partial charge on any atom is 0.159 e. The molecule has 0 aromatic heterocycles. The molecule has 0 N–H and O–H groups in total. The molecule has 1 aliphatic heterocycles. The van der Waals surface area contributed by atoms with E-state index in [4.69, 9.17) is 4.18 Å². The number of rotatable bonds is 0. The van der Waals surface area contributed by atoms with E-state index in [2.05, 4.69) is 6.58 Å². The Morgan fingerprint density at radius 3 is 2.70 bits per heavy atom. The minimum atomic E-state index is -1.12. The third-order valence-corrected chi connectivity index (χ3v) is 2.77. The van der Waals surface area contributed by atoms with Crippen molar-refractivity contribution in [3.8, 4) is 0 Å². The van der Waals surface area contributed by atoms with Crippen molar-refractivity contribution in [2.24, 2.45) is 5.41 Å². The molecule has 2 nitrogen and oxygen atoms in total. The van der Waals surface area contributed by atoms with Crippen molar-refractivity contribution in [1.29, 1.82) is 0 Å². The summed E-state index contributed by atoms with van der Waals surface area (Å²) < 4.78 is 15.8. The quantitative estimate of drug-likeness (QED) is 0.499. The van der Waals surface area contributed by atoms with Crippen molar-refractivity contribution < 1.29 is 8.39 Å². The minimum absolute atomic E-state index is 0.00785. The summed E-state index contributed by atoms with van der Waals surface area (Å²) in [5.41, 5.74) is 1.03. The zero-order valence-corrected chi connectivity index (χ0v) is 7.16. The van der Waals surface area contributed by atoms with Gasteiger partial charge < -0.3 is 0 Å². The van der Waals surface area contributed by atoms with E-state index in [1.165, 1.54) is 0 Å². The van der Waals surface area contributed by atoms with Crippen LogP contribution in [0.2, 0.25) is 0 Å². The highest BCUT2D eigenvalue weighted by molar-refractivity contribution is 7.80. The molecular formula is C7H12O2S. The van der Waals surface area contributed by atoms with Gasteiger partial charge in [-0.2, -0.15) is 0 Å². The van der Waals surface area contributed by atoms with Crippen LogP contribution in [-0.2, 0) is 15.3 Å². The summed E-state index contributed by atoms with van der Waals surface area (Å²) in [4.78, 5) is 0. The van der Waals surface area contributed by atoms with Gasteiger partial charge in [-0.05, 0) is 0 Å². The molecule has 0 bridgehead atoms. The number of hydrogen-bond donors (Lipinski definition) is 0. The highest BCUT2D eigenvalue weighted by atomic mass is 32.2. The van der Waals surface area contributed by atoms with Crippen LogP contribution in [0.25, 0.3) is 0 Å². The molecule has 1 heterocycles. The largest absolute Gasteiger partial charge is 0.289 e. The van der Waals surface area contributed by atoms with Crippen LogP contribution in [0.1, 0.15) is 13.8 Å². The Morgan fingerprint density at radius 1 is 1.70 bits per heavy atom. The highest BCUT2D eigenvalue weighted by Gasteiger charge is 2.29. The van der Waals surface area contributed by atoms with Crippen LogP contribution in [0, 0.1) is 5.41 Å². The van der Waals surface area contributed by atoms with E-state index in [9.17, 15) is 4.21 Å². The SMILES string of the molecule is C=C1CS(=O)OCC1(C)C. The van der Waals surface area contributed by atoms with Crippen molar-refractivity contribution in [1.82, 2.24) is 0 Å². The second kappa shape index (κ2) is 2.47. The Kier molecular flexibility index (Phi) is 1.97. The minimum Gasteiger partial charge on any atom is -0.289 e. The van der Waals surface area contributed by atoms with Gasteiger partial charge in [0.25, 0.3) is 0 Å². The van der Waals surface area contributed by atoms with Gasteiger partial charge >= 0.3 is 0 Å². The van der Waals surface area contributed by atoms with Crippen LogP contribution in [-0.4, -0.2) is 16.6 Å². The van der Waals surface area contributed by atoms with Gasteiger partial charge in [-0.3, -0.25) is 4.18 Å². The fraction of sp³-hybridized carbons (Fsp3) is 0.714. The summed E-state index contributed by atoms with van der Waals surface area (Å²) in [7, 11) is 0. The molecule has 1 saturated heterocycles. The van der Waals surface area contributed by atoms with Crippen molar-refractivity contribution in [2.45, 2.75) is 13.8 Å². The molecule has 10 heavy (non-hydrogen) atoms. The predicted octanol–water partition coefficient (Wildman–Crippen LogP) is 1.26. The molecule has 0 aromatic carbocycles. The van der Waals surface area contributed by atoms with E-state index in [-0.39, 0.29) is 5.41 Å². The first-order valence-electron chi connectivity index (χ1n) is 3.22. The first-order chi connectivity index (χ1) is 4.52. The third-order valence-electron chi connectivity index (χ3n) is 1.80. The van der Waals surface area contributed by atoms with Crippen molar-refractivity contribution in [3.63, 3.8) is 0 Å². The normalized spacial score (nSPS) is 32.2. The topological polar surface area (TPSA) is 26.3 Å². The third kappa shape index (κ3) is 1.47. The Hall–Kier alpha value is -0.150. The summed E-state index contributed by atoms with van der Waals surface area (Å²) in [5, 5.41) is 0. The fourth-order valence-corrected chi connectivity index (χ4v) is 1.88. The van der Waals surface area contributed by atoms with E-state index in [1.807, 2.05) is 13.8 Å². The van der Waals surface area contributed by atoms with Crippen LogP contribution in [0.15, 0.2) is 12.2 Å².